The van der Waals surface area contributed by atoms with Crippen LogP contribution in [0.25, 0.3) is 0 Å². The second-order valence-corrected chi connectivity index (χ2v) is 5.25. The molecule has 1 radical (unpaired) electrons. The Hall–Kier alpha value is -1.31. The van der Waals surface area contributed by atoms with Crippen LogP contribution in [0.3, 0.4) is 0 Å². The van der Waals surface area contributed by atoms with Crippen LogP contribution in [0.4, 0.5) is 5.69 Å². The van der Waals surface area contributed by atoms with Crippen LogP contribution in [0.15, 0.2) is 18.2 Å². The molecular formula is C14H18NO. The first-order valence-corrected chi connectivity index (χ1v) is 5.66. The monoisotopic (exact) mass is 216 g/mol. The van der Waals surface area contributed by atoms with Crippen LogP contribution >= 0.6 is 0 Å². The van der Waals surface area contributed by atoms with E-state index < -0.39 is 5.41 Å². The molecule has 0 bridgehead atoms. The van der Waals surface area contributed by atoms with E-state index in [2.05, 4.69) is 6.92 Å². The molecule has 2 heteroatoms. The van der Waals surface area contributed by atoms with Gasteiger partial charge in [0.2, 0.25) is 5.91 Å². The summed E-state index contributed by atoms with van der Waals surface area (Å²) in [4.78, 5) is 14.2. The van der Waals surface area contributed by atoms with Gasteiger partial charge in [-0.15, -0.1) is 0 Å². The highest BCUT2D eigenvalue weighted by molar-refractivity contribution is 6.08. The van der Waals surface area contributed by atoms with Crippen molar-refractivity contribution >= 4 is 11.6 Å². The first kappa shape index (κ1) is 11.2. The average Bonchev–Trinajstić information content (AvgIpc) is 2.37. The zero-order valence-electron chi connectivity index (χ0n) is 10.4. The van der Waals surface area contributed by atoms with Gasteiger partial charge < -0.3 is 4.90 Å². The number of nitrogens with zero attached hydrogens (tertiary/aromatic N) is 1. The molecule has 1 amide bonds. The number of fused-ring (bicyclic) bond motifs is 1. The Morgan fingerprint density at radius 3 is 2.50 bits per heavy atom. The van der Waals surface area contributed by atoms with Gasteiger partial charge in [-0.3, -0.25) is 4.79 Å². The highest BCUT2D eigenvalue weighted by atomic mass is 16.2. The Morgan fingerprint density at radius 2 is 1.94 bits per heavy atom. The standard InChI is InChI=1S/C14H18NO/c1-9(2)15-12-7-6-10(3)8-11(12)14(4,5)13(15)16/h6-9H,3H2,1-2,4-5H3. The second-order valence-electron chi connectivity index (χ2n) is 5.25. The summed E-state index contributed by atoms with van der Waals surface area (Å²) in [6.45, 7) is 12.0. The number of amides is 1. The Kier molecular flexibility index (Phi) is 2.33. The van der Waals surface area contributed by atoms with Crippen molar-refractivity contribution in [3.8, 4) is 0 Å². The Morgan fingerprint density at radius 1 is 1.31 bits per heavy atom. The summed E-state index contributed by atoms with van der Waals surface area (Å²) < 4.78 is 0. The zero-order valence-corrected chi connectivity index (χ0v) is 10.4. The number of benzene rings is 1. The summed E-state index contributed by atoms with van der Waals surface area (Å²) in [6, 6.07) is 6.19. The lowest BCUT2D eigenvalue weighted by Gasteiger charge is -2.24. The molecule has 85 valence electrons. The lowest BCUT2D eigenvalue weighted by Crippen LogP contribution is -2.40. The van der Waals surface area contributed by atoms with Crippen molar-refractivity contribution in [2.24, 2.45) is 0 Å². The number of carbonyl (C=O) groups is 1. The molecule has 0 unspecified atom stereocenters. The third-order valence-corrected chi connectivity index (χ3v) is 3.26. The van der Waals surface area contributed by atoms with Crippen molar-refractivity contribution in [1.29, 1.82) is 0 Å². The van der Waals surface area contributed by atoms with Gasteiger partial charge in [0.1, 0.15) is 0 Å². The molecular weight excluding hydrogens is 198 g/mol. The van der Waals surface area contributed by atoms with E-state index in [1.807, 2.05) is 50.8 Å². The smallest absolute Gasteiger partial charge is 0.237 e. The van der Waals surface area contributed by atoms with Crippen LogP contribution < -0.4 is 4.90 Å². The fraction of sp³-hybridized carbons (Fsp3) is 0.429. The van der Waals surface area contributed by atoms with E-state index >= 15 is 0 Å². The van der Waals surface area contributed by atoms with Gasteiger partial charge >= 0.3 is 0 Å². The topological polar surface area (TPSA) is 20.3 Å². The average molecular weight is 216 g/mol. The highest BCUT2D eigenvalue weighted by Gasteiger charge is 2.44. The molecule has 0 N–H and O–H groups in total. The molecule has 1 aromatic carbocycles. The van der Waals surface area contributed by atoms with Gasteiger partial charge in [-0.1, -0.05) is 12.1 Å². The fourth-order valence-electron chi connectivity index (χ4n) is 2.33. The van der Waals surface area contributed by atoms with Crippen LogP contribution in [0.1, 0.15) is 38.8 Å². The number of hydrogen-bond donors (Lipinski definition) is 0. The molecule has 0 saturated heterocycles. The van der Waals surface area contributed by atoms with E-state index in [9.17, 15) is 4.79 Å². The van der Waals surface area contributed by atoms with Gasteiger partial charge in [-0.05, 0) is 51.8 Å². The van der Waals surface area contributed by atoms with Crippen LogP contribution in [-0.2, 0) is 10.2 Å². The van der Waals surface area contributed by atoms with Gasteiger partial charge in [0.25, 0.3) is 0 Å². The van der Waals surface area contributed by atoms with E-state index in [0.717, 1.165) is 16.8 Å². The lowest BCUT2D eigenvalue weighted by atomic mass is 9.85. The molecule has 0 atom stereocenters. The largest absolute Gasteiger partial charge is 0.309 e. The Labute approximate surface area is 97.3 Å². The minimum atomic E-state index is -0.423. The number of hydrogen-bond acceptors (Lipinski definition) is 1. The van der Waals surface area contributed by atoms with Gasteiger partial charge in [-0.2, -0.15) is 0 Å². The minimum Gasteiger partial charge on any atom is -0.309 e. The van der Waals surface area contributed by atoms with E-state index in [-0.39, 0.29) is 11.9 Å². The Balaban J connectivity index is 2.65. The molecule has 0 aromatic heterocycles. The fourth-order valence-corrected chi connectivity index (χ4v) is 2.33. The van der Waals surface area contributed by atoms with E-state index in [0.29, 0.717) is 0 Å². The number of carbonyl (C=O) groups excluding carboxylic acids is 1. The van der Waals surface area contributed by atoms with Crippen LogP contribution in [0, 0.1) is 6.92 Å². The van der Waals surface area contributed by atoms with Crippen LogP contribution in [0.2, 0.25) is 0 Å². The normalized spacial score (nSPS) is 18.1. The SMILES string of the molecule is [CH2]c1ccc2c(c1)C(C)(C)C(=O)N2C(C)C. The first-order valence-electron chi connectivity index (χ1n) is 5.66. The van der Waals surface area contributed by atoms with Crippen molar-refractivity contribution in [3.05, 3.63) is 36.2 Å². The third kappa shape index (κ3) is 1.36. The van der Waals surface area contributed by atoms with Gasteiger partial charge in [-0.25, -0.2) is 0 Å². The maximum Gasteiger partial charge on any atom is 0.237 e. The molecule has 16 heavy (non-hydrogen) atoms. The molecule has 1 aliphatic heterocycles. The molecule has 0 aliphatic carbocycles. The van der Waals surface area contributed by atoms with E-state index in [1.54, 1.807) is 0 Å². The van der Waals surface area contributed by atoms with Crippen LogP contribution in [-0.4, -0.2) is 11.9 Å². The van der Waals surface area contributed by atoms with Gasteiger partial charge in [0.05, 0.1) is 5.41 Å². The summed E-state index contributed by atoms with van der Waals surface area (Å²) in [6.07, 6.45) is 0. The molecule has 1 aliphatic rings. The summed E-state index contributed by atoms with van der Waals surface area (Å²) in [5, 5.41) is 0. The van der Waals surface area contributed by atoms with Crippen molar-refractivity contribution in [2.45, 2.75) is 39.2 Å². The molecule has 2 nitrogen and oxygen atoms in total. The first-order chi connectivity index (χ1) is 7.35. The number of anilines is 1. The van der Waals surface area contributed by atoms with Gasteiger partial charge in [0, 0.05) is 11.7 Å². The predicted octanol–water partition coefficient (Wildman–Crippen LogP) is 2.90. The van der Waals surface area contributed by atoms with Gasteiger partial charge in [0.15, 0.2) is 0 Å². The predicted molar refractivity (Wildman–Crippen MR) is 66.5 cm³/mol. The molecule has 1 aromatic rings. The Bertz CT molecular complexity index is 446. The van der Waals surface area contributed by atoms with Crippen molar-refractivity contribution in [2.75, 3.05) is 4.90 Å². The minimum absolute atomic E-state index is 0.183. The maximum atomic E-state index is 12.3. The highest BCUT2D eigenvalue weighted by Crippen LogP contribution is 2.42. The summed E-state index contributed by atoms with van der Waals surface area (Å²) in [5.41, 5.74) is 2.68. The lowest BCUT2D eigenvalue weighted by molar-refractivity contribution is -0.122. The van der Waals surface area contributed by atoms with E-state index in [4.69, 9.17) is 0 Å². The molecule has 0 fully saturated rings. The van der Waals surface area contributed by atoms with E-state index in [1.165, 1.54) is 0 Å². The molecule has 0 saturated carbocycles. The summed E-state index contributed by atoms with van der Waals surface area (Å²) in [7, 11) is 0. The summed E-state index contributed by atoms with van der Waals surface area (Å²) >= 11 is 0. The third-order valence-electron chi connectivity index (χ3n) is 3.26. The quantitative estimate of drug-likeness (QED) is 0.707. The van der Waals surface area contributed by atoms with Crippen molar-refractivity contribution in [3.63, 3.8) is 0 Å². The zero-order chi connectivity index (χ0) is 12.1. The van der Waals surface area contributed by atoms with Crippen molar-refractivity contribution < 1.29 is 4.79 Å². The summed E-state index contributed by atoms with van der Waals surface area (Å²) in [5.74, 6) is 0.183. The van der Waals surface area contributed by atoms with Crippen LogP contribution in [0.5, 0.6) is 0 Å². The maximum absolute atomic E-state index is 12.3. The number of rotatable bonds is 1. The van der Waals surface area contributed by atoms with Crippen molar-refractivity contribution in [1.82, 2.24) is 0 Å². The molecule has 2 rings (SSSR count). The molecule has 0 spiro atoms. The second kappa shape index (κ2) is 3.34. The molecule has 1 heterocycles.